The molecule has 0 radical (unpaired) electrons. The highest BCUT2D eigenvalue weighted by Gasteiger charge is 2.90. The SMILES string of the molecule is CCC(CC(CC(C)C(=O)OCCCOCCCOCCCOCCCOCCCOCCCO)C(=O)OCCCOc1ccc(C(=O)Oc2ccc(C#N)cc2)cc1)C(=O)OCCC(F)(F)C(F)(F)C(F)(F)C(F)(F)C(F)(F)C(F)(F)F. The third-order valence-electron chi connectivity index (χ3n) is 11.9. The van der Waals surface area contributed by atoms with Gasteiger partial charge in [0, 0.05) is 85.5 Å². The van der Waals surface area contributed by atoms with E-state index in [2.05, 4.69) is 4.74 Å². The van der Waals surface area contributed by atoms with E-state index in [1.165, 1.54) is 62.4 Å². The lowest BCUT2D eigenvalue weighted by atomic mass is 9.86. The first-order chi connectivity index (χ1) is 39.1. The molecule has 0 bridgehead atoms. The van der Waals surface area contributed by atoms with E-state index in [-0.39, 0.29) is 69.4 Å². The highest BCUT2D eigenvalue weighted by atomic mass is 19.4. The summed E-state index contributed by atoms with van der Waals surface area (Å²) in [6.07, 6.45) is -8.02. The first-order valence-electron chi connectivity index (χ1n) is 26.5. The Morgan fingerprint density at radius 1 is 0.494 bits per heavy atom. The van der Waals surface area contributed by atoms with Crippen molar-refractivity contribution in [3.63, 3.8) is 0 Å². The van der Waals surface area contributed by atoms with Gasteiger partial charge in [-0.15, -0.1) is 0 Å². The molecule has 0 aliphatic carbocycles. The van der Waals surface area contributed by atoms with Gasteiger partial charge < -0.3 is 52.5 Å². The van der Waals surface area contributed by atoms with Crippen molar-refractivity contribution in [2.75, 3.05) is 99.1 Å². The second-order valence-corrected chi connectivity index (χ2v) is 18.6. The van der Waals surface area contributed by atoms with Gasteiger partial charge in [-0.3, -0.25) is 14.4 Å². The summed E-state index contributed by atoms with van der Waals surface area (Å²) in [5.74, 6) is -45.8. The number of halogens is 13. The van der Waals surface area contributed by atoms with E-state index in [4.69, 9.17) is 53.0 Å². The number of nitrogens with zero attached hydrogens (tertiary/aromatic N) is 1. The summed E-state index contributed by atoms with van der Waals surface area (Å²) in [5.41, 5.74) is 0.502. The summed E-state index contributed by atoms with van der Waals surface area (Å²) in [6.45, 7) is 4.91. The summed E-state index contributed by atoms with van der Waals surface area (Å²) in [6, 6.07) is 13.4. The highest BCUT2D eigenvalue weighted by molar-refractivity contribution is 5.91. The van der Waals surface area contributed by atoms with Crippen molar-refractivity contribution in [3.05, 3.63) is 59.7 Å². The molecule has 2 rings (SSSR count). The monoisotopic (exact) mass is 1220 g/mol. The minimum atomic E-state index is -8.10. The summed E-state index contributed by atoms with van der Waals surface area (Å²) < 4.78 is 231. The Labute approximate surface area is 471 Å². The van der Waals surface area contributed by atoms with Crippen LogP contribution in [-0.2, 0) is 52.3 Å². The van der Waals surface area contributed by atoms with E-state index >= 15 is 0 Å². The zero-order valence-electron chi connectivity index (χ0n) is 45.8. The maximum absolute atomic E-state index is 14.5. The number of hydrogen-bond donors (Lipinski definition) is 1. The van der Waals surface area contributed by atoms with Crippen molar-refractivity contribution in [2.24, 2.45) is 17.8 Å². The maximum Gasteiger partial charge on any atom is 0.460 e. The van der Waals surface area contributed by atoms with Gasteiger partial charge in [-0.25, -0.2) is 4.79 Å². The summed E-state index contributed by atoms with van der Waals surface area (Å²) in [7, 11) is 0. The minimum Gasteiger partial charge on any atom is -0.493 e. The van der Waals surface area contributed by atoms with Gasteiger partial charge in [-0.05, 0) is 99.9 Å². The molecule has 0 aliphatic heterocycles. The van der Waals surface area contributed by atoms with Gasteiger partial charge >= 0.3 is 59.7 Å². The second-order valence-electron chi connectivity index (χ2n) is 18.6. The van der Waals surface area contributed by atoms with Crippen LogP contribution in [0.15, 0.2) is 48.5 Å². The van der Waals surface area contributed by atoms with Crippen LogP contribution >= 0.6 is 0 Å². The van der Waals surface area contributed by atoms with Gasteiger partial charge in [0.05, 0.1) is 67.8 Å². The number of aliphatic hydroxyl groups excluding tert-OH is 1. The number of aliphatic hydroxyl groups is 1. The molecule has 0 saturated heterocycles. The first-order valence-corrected chi connectivity index (χ1v) is 26.5. The van der Waals surface area contributed by atoms with Gasteiger partial charge in [0.2, 0.25) is 0 Å². The van der Waals surface area contributed by atoms with Crippen LogP contribution in [0.25, 0.3) is 0 Å². The summed E-state index contributed by atoms with van der Waals surface area (Å²) in [4.78, 5) is 52.1. The van der Waals surface area contributed by atoms with E-state index in [0.717, 1.165) is 12.8 Å². The average Bonchev–Trinajstić information content (AvgIpc) is 1.41. The van der Waals surface area contributed by atoms with Crippen molar-refractivity contribution in [3.8, 4) is 17.6 Å². The van der Waals surface area contributed by atoms with Gasteiger partial charge in [-0.2, -0.15) is 62.3 Å². The molecular formula is C54H70F13NO15. The largest absolute Gasteiger partial charge is 0.493 e. The molecule has 3 unspecified atom stereocenters. The quantitative estimate of drug-likeness (QED) is 0.0215. The van der Waals surface area contributed by atoms with E-state index < -0.39 is 103 Å². The molecule has 0 aliphatic rings. The van der Waals surface area contributed by atoms with Crippen LogP contribution in [0, 0.1) is 29.1 Å². The van der Waals surface area contributed by atoms with E-state index in [1.807, 2.05) is 6.07 Å². The molecule has 0 heterocycles. The lowest BCUT2D eigenvalue weighted by Gasteiger charge is -2.39. The molecule has 2 aromatic rings. The Bertz CT molecular complexity index is 2240. The number of alkyl halides is 13. The van der Waals surface area contributed by atoms with Crippen molar-refractivity contribution in [1.29, 1.82) is 5.26 Å². The van der Waals surface area contributed by atoms with Gasteiger partial charge in [0.25, 0.3) is 0 Å². The zero-order valence-corrected chi connectivity index (χ0v) is 45.8. The normalized spacial score (nSPS) is 13.6. The molecule has 0 amide bonds. The van der Waals surface area contributed by atoms with Gasteiger partial charge in [0.1, 0.15) is 11.5 Å². The van der Waals surface area contributed by atoms with Crippen LogP contribution < -0.4 is 9.47 Å². The molecule has 0 spiro atoms. The highest BCUT2D eigenvalue weighted by Crippen LogP contribution is 2.60. The van der Waals surface area contributed by atoms with Crippen LogP contribution in [0.3, 0.4) is 0 Å². The van der Waals surface area contributed by atoms with Crippen LogP contribution in [0.2, 0.25) is 0 Å². The number of carbonyl (C=O) groups is 4. The number of benzene rings is 2. The number of hydrogen-bond acceptors (Lipinski definition) is 16. The minimum absolute atomic E-state index is 0.0319. The number of carbonyl (C=O) groups excluding carboxylic acids is 4. The number of esters is 4. The molecule has 16 nitrogen and oxygen atoms in total. The average molecular weight is 1220 g/mol. The molecule has 3 atom stereocenters. The Kier molecular flexibility index (Phi) is 32.8. The fraction of sp³-hybridized carbons (Fsp3) is 0.685. The van der Waals surface area contributed by atoms with Gasteiger partial charge in [0.15, 0.2) is 0 Å². The van der Waals surface area contributed by atoms with Crippen molar-refractivity contribution in [1.82, 2.24) is 0 Å². The van der Waals surface area contributed by atoms with Crippen molar-refractivity contribution < 1.29 is 129 Å². The Hall–Kier alpha value is -5.54. The second kappa shape index (κ2) is 37.0. The third-order valence-corrected chi connectivity index (χ3v) is 11.9. The summed E-state index contributed by atoms with van der Waals surface area (Å²) >= 11 is 0. The zero-order chi connectivity index (χ0) is 62.2. The maximum atomic E-state index is 14.5. The van der Waals surface area contributed by atoms with E-state index in [1.54, 1.807) is 0 Å². The standard InChI is InChI=1S/C54H70F13NO15/c1-3-40(46(71)82-34-19-49(55,56)50(57,58)51(59,60)52(61,62)53(63,64)54(65,66)67)36-42(47(72)81-33-10-31-79-43-17-13-41(14-18-43)48(73)83-44-15-11-39(37-68)12-16-44)35-38(2)45(70)80-32-9-30-78-29-8-28-77-27-7-26-76-25-6-24-75-23-5-22-74-21-4-20-69/h11-18,38,40,42,69H,3-10,19-36H2,1-2H3. The fourth-order valence-electron chi connectivity index (χ4n) is 7.14. The number of ether oxygens (including phenoxy) is 10. The predicted octanol–water partition coefficient (Wildman–Crippen LogP) is 10.8. The van der Waals surface area contributed by atoms with Crippen molar-refractivity contribution >= 4 is 23.9 Å². The Morgan fingerprint density at radius 3 is 1.36 bits per heavy atom. The van der Waals surface area contributed by atoms with Crippen molar-refractivity contribution in [2.45, 2.75) is 120 Å². The molecule has 0 saturated carbocycles. The van der Waals surface area contributed by atoms with Crippen LogP contribution in [-0.4, -0.2) is 164 Å². The van der Waals surface area contributed by atoms with E-state index in [0.29, 0.717) is 84.3 Å². The van der Waals surface area contributed by atoms with Crippen LogP contribution in [0.5, 0.6) is 11.5 Å². The Balaban J connectivity index is 1.92. The topological polar surface area (TPSA) is 205 Å². The van der Waals surface area contributed by atoms with Gasteiger partial charge in [-0.1, -0.05) is 13.8 Å². The molecule has 0 fully saturated rings. The molecule has 83 heavy (non-hydrogen) atoms. The lowest BCUT2D eigenvalue weighted by Crippen LogP contribution is -2.70. The number of nitriles is 1. The molecular weight excluding hydrogens is 1150 g/mol. The Morgan fingerprint density at radius 2 is 0.904 bits per heavy atom. The molecule has 2 aromatic carbocycles. The molecule has 1 N–H and O–H groups in total. The summed E-state index contributed by atoms with van der Waals surface area (Å²) in [5, 5.41) is 17.7. The van der Waals surface area contributed by atoms with Crippen LogP contribution in [0.4, 0.5) is 57.1 Å². The molecule has 0 aromatic heterocycles. The molecule has 29 heteroatoms. The third kappa shape index (κ3) is 24.5. The smallest absolute Gasteiger partial charge is 0.460 e. The van der Waals surface area contributed by atoms with Crippen LogP contribution in [0.1, 0.15) is 100 Å². The number of rotatable bonds is 45. The predicted molar refractivity (Wildman–Crippen MR) is 266 cm³/mol. The lowest BCUT2D eigenvalue weighted by molar-refractivity contribution is -0.440. The van der Waals surface area contributed by atoms with E-state index in [9.17, 15) is 76.3 Å². The fourth-order valence-corrected chi connectivity index (χ4v) is 7.14. The first kappa shape index (κ1) is 73.6. The molecule has 472 valence electrons.